The molecule has 0 unspecified atom stereocenters. The predicted octanol–water partition coefficient (Wildman–Crippen LogP) is 2.36. The molecule has 0 aliphatic heterocycles. The lowest BCUT2D eigenvalue weighted by atomic mass is 9.79. The Morgan fingerprint density at radius 3 is 2.64 bits per heavy atom. The summed E-state index contributed by atoms with van der Waals surface area (Å²) in [5.41, 5.74) is 0. The van der Waals surface area contributed by atoms with Crippen molar-refractivity contribution >= 4 is 11.6 Å². The molecule has 2 fully saturated rings. The summed E-state index contributed by atoms with van der Waals surface area (Å²) in [6.45, 7) is 2.02. The second kappa shape index (κ2) is 3.84. The van der Waals surface area contributed by atoms with Crippen molar-refractivity contribution in [3.8, 4) is 0 Å². The number of fused-ring (bicyclic) bond motifs is 1. The van der Waals surface area contributed by atoms with Gasteiger partial charge in [-0.25, -0.2) is 0 Å². The van der Waals surface area contributed by atoms with Crippen molar-refractivity contribution < 1.29 is 9.59 Å². The molecular formula is C12H18O2. The molecule has 0 aromatic rings. The van der Waals surface area contributed by atoms with Crippen LogP contribution in [0.2, 0.25) is 0 Å². The van der Waals surface area contributed by atoms with Gasteiger partial charge >= 0.3 is 0 Å². The molecule has 0 aromatic heterocycles. The van der Waals surface area contributed by atoms with E-state index in [1.54, 1.807) is 0 Å². The van der Waals surface area contributed by atoms with Crippen LogP contribution in [0.15, 0.2) is 0 Å². The Morgan fingerprint density at radius 2 is 1.86 bits per heavy atom. The second-order valence-corrected chi connectivity index (χ2v) is 5.02. The van der Waals surface area contributed by atoms with Crippen molar-refractivity contribution in [1.29, 1.82) is 0 Å². The number of carbonyl (C=O) groups is 2. The van der Waals surface area contributed by atoms with Gasteiger partial charge < -0.3 is 0 Å². The van der Waals surface area contributed by atoms with E-state index in [0.29, 0.717) is 36.7 Å². The van der Waals surface area contributed by atoms with Crippen molar-refractivity contribution in [1.82, 2.24) is 0 Å². The molecule has 2 heteroatoms. The van der Waals surface area contributed by atoms with Gasteiger partial charge in [-0.15, -0.1) is 0 Å². The summed E-state index contributed by atoms with van der Waals surface area (Å²) >= 11 is 0. The minimum absolute atomic E-state index is 0.224. The van der Waals surface area contributed by atoms with Crippen molar-refractivity contribution in [3.63, 3.8) is 0 Å². The van der Waals surface area contributed by atoms with Gasteiger partial charge in [0.25, 0.3) is 0 Å². The Labute approximate surface area is 85.1 Å². The van der Waals surface area contributed by atoms with Gasteiger partial charge in [0.15, 0.2) is 0 Å². The van der Waals surface area contributed by atoms with E-state index in [2.05, 4.69) is 0 Å². The van der Waals surface area contributed by atoms with Gasteiger partial charge in [-0.1, -0.05) is 13.3 Å². The average molecular weight is 194 g/mol. The van der Waals surface area contributed by atoms with E-state index >= 15 is 0 Å². The highest BCUT2D eigenvalue weighted by Crippen LogP contribution is 2.38. The maximum absolute atomic E-state index is 11.9. The molecule has 0 saturated heterocycles. The smallest absolute Gasteiger partial charge is 0.136 e. The van der Waals surface area contributed by atoms with Crippen LogP contribution in [0.1, 0.15) is 45.4 Å². The maximum Gasteiger partial charge on any atom is 0.136 e. The molecule has 2 rings (SSSR count). The fourth-order valence-electron chi connectivity index (χ4n) is 3.04. The first-order chi connectivity index (χ1) is 6.66. The summed E-state index contributed by atoms with van der Waals surface area (Å²) in [5, 5.41) is 0. The number of hydrogen-bond donors (Lipinski definition) is 0. The van der Waals surface area contributed by atoms with Gasteiger partial charge in [0.2, 0.25) is 0 Å². The number of ketones is 2. The standard InChI is InChI=1S/C12H18O2/c1-8-5-10(13)7-9-3-2-4-11(9)12(14)6-8/h8-9,11H,2-7H2,1H3/t8-,9+,11+/m0/s1. The van der Waals surface area contributed by atoms with E-state index in [4.69, 9.17) is 0 Å². The number of hydrogen-bond acceptors (Lipinski definition) is 2. The van der Waals surface area contributed by atoms with Crippen LogP contribution in [0.25, 0.3) is 0 Å². The molecule has 2 aliphatic carbocycles. The Morgan fingerprint density at radius 1 is 1.07 bits per heavy atom. The van der Waals surface area contributed by atoms with Gasteiger partial charge in [-0.3, -0.25) is 9.59 Å². The molecule has 0 heterocycles. The zero-order valence-electron chi connectivity index (χ0n) is 8.79. The van der Waals surface area contributed by atoms with Gasteiger partial charge in [0.1, 0.15) is 11.6 Å². The Balaban J connectivity index is 2.12. The molecule has 2 aliphatic rings. The zero-order chi connectivity index (χ0) is 10.1. The minimum atomic E-state index is 0.224. The lowest BCUT2D eigenvalue weighted by Gasteiger charge is -2.23. The number of rotatable bonds is 0. The topological polar surface area (TPSA) is 34.1 Å². The van der Waals surface area contributed by atoms with Crippen LogP contribution in [0.4, 0.5) is 0 Å². The summed E-state index contributed by atoms with van der Waals surface area (Å²) < 4.78 is 0. The third-order valence-corrected chi connectivity index (χ3v) is 3.69. The minimum Gasteiger partial charge on any atom is -0.300 e. The van der Waals surface area contributed by atoms with Crippen molar-refractivity contribution in [2.24, 2.45) is 17.8 Å². The normalized spacial score (nSPS) is 39.1. The lowest BCUT2D eigenvalue weighted by Crippen LogP contribution is -2.27. The SMILES string of the molecule is C[C@H]1CC(=O)C[C@H]2CCC[C@H]2C(=O)C1. The number of carbonyl (C=O) groups excluding carboxylic acids is 2. The Kier molecular flexibility index (Phi) is 2.71. The molecule has 2 nitrogen and oxygen atoms in total. The van der Waals surface area contributed by atoms with Crippen LogP contribution in [-0.2, 0) is 9.59 Å². The maximum atomic E-state index is 11.9. The van der Waals surface area contributed by atoms with Crippen LogP contribution < -0.4 is 0 Å². The predicted molar refractivity (Wildman–Crippen MR) is 53.9 cm³/mol. The van der Waals surface area contributed by atoms with E-state index in [1.165, 1.54) is 0 Å². The highest BCUT2D eigenvalue weighted by molar-refractivity contribution is 5.86. The van der Waals surface area contributed by atoms with E-state index < -0.39 is 0 Å². The van der Waals surface area contributed by atoms with Crippen LogP contribution >= 0.6 is 0 Å². The molecule has 0 aromatic carbocycles. The third-order valence-electron chi connectivity index (χ3n) is 3.69. The zero-order valence-corrected chi connectivity index (χ0v) is 8.79. The molecule has 3 atom stereocenters. The fourth-order valence-corrected chi connectivity index (χ4v) is 3.04. The van der Waals surface area contributed by atoms with Gasteiger partial charge in [0, 0.05) is 25.2 Å². The fraction of sp³-hybridized carbons (Fsp3) is 0.833. The average Bonchev–Trinajstić information content (AvgIpc) is 2.49. The summed E-state index contributed by atoms with van der Waals surface area (Å²) in [6.07, 6.45) is 5.19. The summed E-state index contributed by atoms with van der Waals surface area (Å²) in [5.74, 6) is 1.69. The first-order valence-electron chi connectivity index (χ1n) is 5.71. The van der Waals surface area contributed by atoms with Gasteiger partial charge in [-0.05, 0) is 24.7 Å². The van der Waals surface area contributed by atoms with E-state index in [0.717, 1.165) is 19.3 Å². The molecule has 0 radical (unpaired) electrons. The monoisotopic (exact) mass is 194 g/mol. The Hall–Kier alpha value is -0.660. The van der Waals surface area contributed by atoms with Gasteiger partial charge in [0.05, 0.1) is 0 Å². The largest absolute Gasteiger partial charge is 0.300 e. The molecular weight excluding hydrogens is 176 g/mol. The number of Topliss-reactive ketones (excluding diaryl/α,β-unsaturated/α-hetero) is 2. The lowest BCUT2D eigenvalue weighted by molar-refractivity contribution is -0.128. The summed E-state index contributed by atoms with van der Waals surface area (Å²) in [7, 11) is 0. The van der Waals surface area contributed by atoms with Crippen LogP contribution in [0, 0.1) is 17.8 Å². The summed E-state index contributed by atoms with van der Waals surface area (Å²) in [4.78, 5) is 23.4. The highest BCUT2D eigenvalue weighted by atomic mass is 16.1. The second-order valence-electron chi connectivity index (χ2n) is 5.02. The van der Waals surface area contributed by atoms with E-state index in [9.17, 15) is 9.59 Å². The summed E-state index contributed by atoms with van der Waals surface area (Å²) in [6, 6.07) is 0. The van der Waals surface area contributed by atoms with E-state index in [-0.39, 0.29) is 11.8 Å². The van der Waals surface area contributed by atoms with Crippen molar-refractivity contribution in [2.75, 3.05) is 0 Å². The van der Waals surface area contributed by atoms with Crippen molar-refractivity contribution in [2.45, 2.75) is 45.4 Å². The first kappa shape index (κ1) is 9.88. The molecule has 78 valence electrons. The van der Waals surface area contributed by atoms with E-state index in [1.807, 2.05) is 6.92 Å². The molecule has 0 bridgehead atoms. The van der Waals surface area contributed by atoms with Crippen LogP contribution in [-0.4, -0.2) is 11.6 Å². The van der Waals surface area contributed by atoms with Crippen LogP contribution in [0.3, 0.4) is 0 Å². The molecule has 2 saturated carbocycles. The first-order valence-corrected chi connectivity index (χ1v) is 5.71. The molecule has 0 spiro atoms. The quantitative estimate of drug-likeness (QED) is 0.593. The molecule has 14 heavy (non-hydrogen) atoms. The third kappa shape index (κ3) is 1.89. The highest BCUT2D eigenvalue weighted by Gasteiger charge is 2.36. The molecule has 0 N–H and O–H groups in total. The molecule has 0 amide bonds. The van der Waals surface area contributed by atoms with Gasteiger partial charge in [-0.2, -0.15) is 0 Å². The van der Waals surface area contributed by atoms with Crippen molar-refractivity contribution in [3.05, 3.63) is 0 Å². The van der Waals surface area contributed by atoms with Crippen LogP contribution in [0.5, 0.6) is 0 Å². The Bertz CT molecular complexity index is 257.